The number of anilines is 2. The average Bonchev–Trinajstić information content (AvgIpc) is 3.28. The topological polar surface area (TPSA) is 172 Å². The summed E-state index contributed by atoms with van der Waals surface area (Å²) in [7, 11) is -7.36. The molecule has 226 valence electrons. The van der Waals surface area contributed by atoms with Gasteiger partial charge >= 0.3 is 11.4 Å². The summed E-state index contributed by atoms with van der Waals surface area (Å²) in [6, 6.07) is 5.13. The Morgan fingerprint density at radius 2 is 0.976 bits per heavy atom. The Morgan fingerprint density at radius 1 is 0.643 bits per heavy atom. The zero-order chi connectivity index (χ0) is 31.3. The summed E-state index contributed by atoms with van der Waals surface area (Å²) in [6.45, 7) is 3.12. The van der Waals surface area contributed by atoms with Gasteiger partial charge in [-0.25, -0.2) is 26.4 Å². The molecular formula is C22H22Cl4N8O6S2. The molecule has 0 spiro atoms. The van der Waals surface area contributed by atoms with Crippen molar-refractivity contribution in [2.24, 2.45) is 0 Å². The first-order valence-electron chi connectivity index (χ1n) is 11.6. The molecule has 0 saturated heterocycles. The van der Waals surface area contributed by atoms with Crippen molar-refractivity contribution < 1.29 is 16.8 Å². The van der Waals surface area contributed by atoms with Crippen LogP contribution in [0.1, 0.15) is 11.6 Å². The van der Waals surface area contributed by atoms with Crippen LogP contribution in [0.2, 0.25) is 20.1 Å². The van der Waals surface area contributed by atoms with Gasteiger partial charge in [0.2, 0.25) is 20.0 Å². The second-order valence-electron chi connectivity index (χ2n) is 9.10. The molecule has 2 aromatic carbocycles. The van der Waals surface area contributed by atoms with E-state index in [1.807, 2.05) is 0 Å². The van der Waals surface area contributed by atoms with E-state index in [2.05, 4.69) is 19.6 Å². The van der Waals surface area contributed by atoms with Crippen molar-refractivity contribution in [1.82, 2.24) is 28.7 Å². The Balaban J connectivity index is 1.68. The zero-order valence-electron chi connectivity index (χ0n) is 22.2. The van der Waals surface area contributed by atoms with Gasteiger partial charge in [0.05, 0.1) is 55.4 Å². The average molecular weight is 700 g/mol. The van der Waals surface area contributed by atoms with E-state index < -0.39 is 31.4 Å². The van der Waals surface area contributed by atoms with Crippen LogP contribution in [-0.4, -0.2) is 58.0 Å². The fourth-order valence-corrected chi connectivity index (χ4v) is 6.24. The predicted octanol–water partition coefficient (Wildman–Crippen LogP) is 3.06. The minimum absolute atomic E-state index is 0.00279. The summed E-state index contributed by atoms with van der Waals surface area (Å²) in [6.07, 6.45) is 1.89. The molecule has 0 amide bonds. The number of benzene rings is 2. The molecule has 2 heterocycles. The van der Waals surface area contributed by atoms with Crippen LogP contribution >= 0.6 is 46.4 Å². The van der Waals surface area contributed by atoms with Gasteiger partial charge in [0.15, 0.2) is 0 Å². The molecule has 0 atom stereocenters. The van der Waals surface area contributed by atoms with Crippen LogP contribution in [0.4, 0.5) is 11.4 Å². The lowest BCUT2D eigenvalue weighted by Crippen LogP contribution is -2.30. The summed E-state index contributed by atoms with van der Waals surface area (Å²) in [4.78, 5) is 26.6. The number of aromatic nitrogens is 6. The van der Waals surface area contributed by atoms with E-state index >= 15 is 0 Å². The lowest BCUT2D eigenvalue weighted by atomic mass is 10.3. The first kappa shape index (κ1) is 31.9. The number of aryl methyl sites for hydroxylation is 2. The molecule has 0 bridgehead atoms. The predicted molar refractivity (Wildman–Crippen MR) is 162 cm³/mol. The highest BCUT2D eigenvalue weighted by Crippen LogP contribution is 2.32. The van der Waals surface area contributed by atoms with Crippen molar-refractivity contribution in [3.8, 4) is 11.4 Å². The van der Waals surface area contributed by atoms with Crippen LogP contribution in [0.25, 0.3) is 11.4 Å². The molecule has 4 rings (SSSR count). The minimum Gasteiger partial charge on any atom is -0.282 e. The molecule has 14 nitrogen and oxygen atoms in total. The van der Waals surface area contributed by atoms with E-state index in [0.29, 0.717) is 0 Å². The third kappa shape index (κ3) is 6.79. The number of hydrogen-bond donors (Lipinski definition) is 2. The second-order valence-corrected chi connectivity index (χ2v) is 14.2. The summed E-state index contributed by atoms with van der Waals surface area (Å²) < 4.78 is 56.0. The monoisotopic (exact) mass is 698 g/mol. The molecule has 0 fully saturated rings. The largest absolute Gasteiger partial charge is 0.350 e. The van der Waals surface area contributed by atoms with E-state index in [-0.39, 0.29) is 67.6 Å². The van der Waals surface area contributed by atoms with E-state index in [4.69, 9.17) is 46.4 Å². The Bertz CT molecular complexity index is 1920. The highest BCUT2D eigenvalue weighted by molar-refractivity contribution is 7.92. The number of hydrogen-bond acceptors (Lipinski definition) is 8. The van der Waals surface area contributed by atoms with Crippen molar-refractivity contribution in [2.45, 2.75) is 26.9 Å². The summed E-state index contributed by atoms with van der Waals surface area (Å²) in [5.74, 6) is 0.554. The number of rotatable bonds is 9. The lowest BCUT2D eigenvalue weighted by Gasteiger charge is -2.10. The molecule has 20 heteroatoms. The molecule has 0 aliphatic heterocycles. The van der Waals surface area contributed by atoms with Crippen LogP contribution in [0, 0.1) is 13.8 Å². The fraction of sp³-hybridized carbons (Fsp3) is 0.273. The highest BCUT2D eigenvalue weighted by atomic mass is 35.5. The minimum atomic E-state index is -3.68. The molecular weight excluding hydrogens is 678 g/mol. The van der Waals surface area contributed by atoms with E-state index in [1.54, 1.807) is 13.8 Å². The highest BCUT2D eigenvalue weighted by Gasteiger charge is 2.20. The first-order chi connectivity index (χ1) is 19.4. The van der Waals surface area contributed by atoms with Gasteiger partial charge in [-0.3, -0.25) is 18.6 Å². The maximum Gasteiger partial charge on any atom is 0.350 e. The second kappa shape index (κ2) is 11.6. The smallest absolute Gasteiger partial charge is 0.282 e. The van der Waals surface area contributed by atoms with Crippen molar-refractivity contribution >= 4 is 77.8 Å². The van der Waals surface area contributed by atoms with Gasteiger partial charge in [-0.2, -0.15) is 19.6 Å². The third-order valence-corrected chi connectivity index (χ3v) is 8.17. The number of halogens is 4. The van der Waals surface area contributed by atoms with Gasteiger partial charge < -0.3 is 0 Å². The normalized spacial score (nSPS) is 12.1. The molecule has 0 radical (unpaired) electrons. The number of sulfonamides is 2. The maximum absolute atomic E-state index is 13.3. The van der Waals surface area contributed by atoms with Gasteiger partial charge in [0, 0.05) is 13.1 Å². The van der Waals surface area contributed by atoms with Gasteiger partial charge in [-0.15, -0.1) is 0 Å². The van der Waals surface area contributed by atoms with Crippen molar-refractivity contribution in [2.75, 3.05) is 22.0 Å². The molecule has 2 N–H and O–H groups in total. The summed E-state index contributed by atoms with van der Waals surface area (Å²) in [5.41, 5.74) is -1.06. The van der Waals surface area contributed by atoms with Crippen molar-refractivity contribution in [3.63, 3.8) is 0 Å². The molecule has 0 aliphatic carbocycles. The van der Waals surface area contributed by atoms with Gasteiger partial charge in [-0.05, 0) is 38.1 Å². The van der Waals surface area contributed by atoms with Gasteiger partial charge in [0.25, 0.3) is 0 Å². The molecule has 2 aromatic heterocycles. The van der Waals surface area contributed by atoms with Crippen molar-refractivity contribution in [3.05, 3.63) is 77.0 Å². The fourth-order valence-electron chi connectivity index (χ4n) is 3.97. The van der Waals surface area contributed by atoms with Crippen LogP contribution in [0.3, 0.4) is 0 Å². The van der Waals surface area contributed by atoms with Gasteiger partial charge in [-0.1, -0.05) is 46.4 Å². The van der Waals surface area contributed by atoms with Crippen LogP contribution in [0.15, 0.2) is 33.9 Å². The number of nitrogens with zero attached hydrogens (tertiary/aromatic N) is 6. The zero-order valence-corrected chi connectivity index (χ0v) is 26.8. The number of nitrogens with one attached hydrogen (secondary N) is 2. The van der Waals surface area contributed by atoms with Gasteiger partial charge in [0.1, 0.15) is 11.6 Å². The summed E-state index contributed by atoms with van der Waals surface area (Å²) >= 11 is 24.8. The molecule has 0 aliphatic rings. The van der Waals surface area contributed by atoms with E-state index in [1.165, 1.54) is 33.4 Å². The Labute approximate surface area is 259 Å². The van der Waals surface area contributed by atoms with E-state index in [0.717, 1.165) is 21.9 Å². The molecule has 4 aromatic rings. The quantitative estimate of drug-likeness (QED) is 0.268. The Kier molecular flexibility index (Phi) is 8.79. The molecule has 42 heavy (non-hydrogen) atoms. The third-order valence-electron chi connectivity index (χ3n) is 5.76. The Morgan fingerprint density at radius 3 is 1.29 bits per heavy atom. The van der Waals surface area contributed by atoms with Crippen molar-refractivity contribution in [1.29, 1.82) is 0 Å². The van der Waals surface area contributed by atoms with Crippen LogP contribution < -0.4 is 20.8 Å². The summed E-state index contributed by atoms with van der Waals surface area (Å²) in [5, 5.41) is 8.62. The van der Waals surface area contributed by atoms with E-state index in [9.17, 15) is 26.4 Å². The Hall–Kier alpha value is -3.02. The first-order valence-corrected chi connectivity index (χ1v) is 16.9. The lowest BCUT2D eigenvalue weighted by molar-refractivity contribution is 0.533. The molecule has 0 unspecified atom stereocenters. The standard InChI is InChI=1S/C22H22Cl4N8O6S2/c1-11-27-33(19-9-17(29-41(3,37)38)13(23)7-15(19)25)21(35)31(11)5-6-32-12(2)28-34(22(32)36)20-10-18(30-42(4,39)40)14(24)8-16(20)26/h7-10,29-30H,5-6H2,1-4H3. The molecule has 0 saturated carbocycles. The maximum atomic E-state index is 13.3. The SMILES string of the molecule is Cc1nn(-c2cc(NS(C)(=O)=O)c(Cl)cc2Cl)c(=O)n1CCn1c(C)nn(-c2cc(NS(C)(=O)=O)c(Cl)cc2Cl)c1=O. The van der Waals surface area contributed by atoms with Crippen LogP contribution in [-0.2, 0) is 33.1 Å². The van der Waals surface area contributed by atoms with Crippen LogP contribution in [0.5, 0.6) is 0 Å².